The second kappa shape index (κ2) is 2.95. The van der Waals surface area contributed by atoms with Gasteiger partial charge in [-0.05, 0) is 24.5 Å². The molecule has 1 aliphatic rings. The molecule has 0 spiro atoms. The Morgan fingerprint density at radius 2 is 2.23 bits per heavy atom. The molecule has 0 fully saturated rings. The Labute approximate surface area is 76.6 Å². The molecule has 68 valence electrons. The van der Waals surface area contributed by atoms with E-state index in [4.69, 9.17) is 0 Å². The Morgan fingerprint density at radius 1 is 1.46 bits per heavy atom. The number of fused-ring (bicyclic) bond motifs is 1. The molecule has 0 unspecified atom stereocenters. The first kappa shape index (κ1) is 8.42. The molecule has 2 rings (SSSR count). The van der Waals surface area contributed by atoms with Gasteiger partial charge in [0, 0.05) is 11.5 Å². The normalized spacial score (nSPS) is 21.4. The van der Waals surface area contributed by atoms with Gasteiger partial charge in [-0.1, -0.05) is 19.1 Å². The summed E-state index contributed by atoms with van der Waals surface area (Å²) in [4.78, 5) is 11.6. The molecule has 0 saturated heterocycles. The molecule has 1 atom stereocenters. The summed E-state index contributed by atoms with van der Waals surface area (Å²) in [5, 5.41) is 0. The van der Waals surface area contributed by atoms with E-state index in [1.165, 1.54) is 6.07 Å². The first-order valence-corrected chi connectivity index (χ1v) is 4.51. The van der Waals surface area contributed by atoms with E-state index in [2.05, 4.69) is 0 Å². The number of rotatable bonds is 0. The summed E-state index contributed by atoms with van der Waals surface area (Å²) in [6, 6.07) is 4.74. The third-order valence-corrected chi connectivity index (χ3v) is 2.66. The zero-order valence-corrected chi connectivity index (χ0v) is 7.51. The fraction of sp³-hybridized carbons (Fsp3) is 0.364. The van der Waals surface area contributed by atoms with E-state index < -0.39 is 0 Å². The van der Waals surface area contributed by atoms with Gasteiger partial charge in [-0.2, -0.15) is 0 Å². The van der Waals surface area contributed by atoms with E-state index in [-0.39, 0.29) is 17.5 Å². The SMILES string of the molecule is C[C@H]1CCc2c(F)cccc2C1=O. The summed E-state index contributed by atoms with van der Waals surface area (Å²) in [5.74, 6) is -0.104. The number of carbonyl (C=O) groups excluding carboxylic acids is 1. The minimum atomic E-state index is -0.238. The van der Waals surface area contributed by atoms with Gasteiger partial charge in [-0.15, -0.1) is 0 Å². The predicted octanol–water partition coefficient (Wildman–Crippen LogP) is 2.59. The monoisotopic (exact) mass is 178 g/mol. The van der Waals surface area contributed by atoms with Gasteiger partial charge in [0.05, 0.1) is 0 Å². The number of halogens is 1. The Balaban J connectivity index is 2.55. The largest absolute Gasteiger partial charge is 0.294 e. The molecule has 0 heterocycles. The van der Waals surface area contributed by atoms with Crippen molar-refractivity contribution >= 4 is 5.78 Å². The predicted molar refractivity (Wildman–Crippen MR) is 48.2 cm³/mol. The van der Waals surface area contributed by atoms with E-state index in [0.29, 0.717) is 17.5 Å². The van der Waals surface area contributed by atoms with Crippen LogP contribution in [0.5, 0.6) is 0 Å². The number of hydrogen-bond donors (Lipinski definition) is 0. The van der Waals surface area contributed by atoms with Crippen LogP contribution in [-0.2, 0) is 6.42 Å². The average Bonchev–Trinajstić information content (AvgIpc) is 2.12. The maximum atomic E-state index is 13.2. The molecule has 0 N–H and O–H groups in total. The van der Waals surface area contributed by atoms with Gasteiger partial charge < -0.3 is 0 Å². The molecule has 0 aromatic heterocycles. The molecular formula is C11H11FO. The lowest BCUT2D eigenvalue weighted by Crippen LogP contribution is -2.20. The van der Waals surface area contributed by atoms with Gasteiger partial charge in [0.25, 0.3) is 0 Å². The fourth-order valence-electron chi connectivity index (χ4n) is 1.80. The van der Waals surface area contributed by atoms with Crippen molar-refractivity contribution in [2.24, 2.45) is 5.92 Å². The van der Waals surface area contributed by atoms with Crippen LogP contribution in [-0.4, -0.2) is 5.78 Å². The number of Topliss-reactive ketones (excluding diaryl/α,β-unsaturated/α-hetero) is 1. The summed E-state index contributed by atoms with van der Waals surface area (Å²) in [6.45, 7) is 1.90. The van der Waals surface area contributed by atoms with Gasteiger partial charge in [0.2, 0.25) is 0 Å². The minimum absolute atomic E-state index is 0.0503. The average molecular weight is 178 g/mol. The third-order valence-electron chi connectivity index (χ3n) is 2.66. The maximum Gasteiger partial charge on any atom is 0.166 e. The van der Waals surface area contributed by atoms with Crippen LogP contribution in [0.15, 0.2) is 18.2 Å². The van der Waals surface area contributed by atoms with Crippen LogP contribution in [0.4, 0.5) is 4.39 Å². The topological polar surface area (TPSA) is 17.1 Å². The van der Waals surface area contributed by atoms with Crippen molar-refractivity contribution in [3.63, 3.8) is 0 Å². The number of benzene rings is 1. The van der Waals surface area contributed by atoms with E-state index in [1.807, 2.05) is 6.92 Å². The molecule has 1 nitrogen and oxygen atoms in total. The lowest BCUT2D eigenvalue weighted by atomic mass is 9.84. The molecule has 1 aliphatic carbocycles. The van der Waals surface area contributed by atoms with Crippen molar-refractivity contribution < 1.29 is 9.18 Å². The highest BCUT2D eigenvalue weighted by Gasteiger charge is 2.25. The second-order valence-electron chi connectivity index (χ2n) is 3.57. The molecule has 13 heavy (non-hydrogen) atoms. The van der Waals surface area contributed by atoms with Gasteiger partial charge in [0.15, 0.2) is 5.78 Å². The summed E-state index contributed by atoms with van der Waals surface area (Å²) >= 11 is 0. The number of hydrogen-bond acceptors (Lipinski definition) is 1. The van der Waals surface area contributed by atoms with Gasteiger partial charge >= 0.3 is 0 Å². The number of ketones is 1. The molecule has 0 bridgehead atoms. The molecule has 1 aromatic carbocycles. The molecule has 0 aliphatic heterocycles. The summed E-state index contributed by atoms with van der Waals surface area (Å²) in [6.07, 6.45) is 1.46. The van der Waals surface area contributed by atoms with Gasteiger partial charge in [-0.25, -0.2) is 4.39 Å². The van der Waals surface area contributed by atoms with Gasteiger partial charge in [0.1, 0.15) is 5.82 Å². The maximum absolute atomic E-state index is 13.2. The van der Waals surface area contributed by atoms with Crippen LogP contribution < -0.4 is 0 Å². The highest BCUT2D eigenvalue weighted by molar-refractivity contribution is 5.99. The van der Waals surface area contributed by atoms with Crippen molar-refractivity contribution in [3.05, 3.63) is 35.1 Å². The van der Waals surface area contributed by atoms with Crippen LogP contribution in [0, 0.1) is 11.7 Å². The van der Waals surface area contributed by atoms with Crippen molar-refractivity contribution in [1.29, 1.82) is 0 Å². The molecule has 2 heteroatoms. The Kier molecular flexibility index (Phi) is 1.91. The van der Waals surface area contributed by atoms with Crippen LogP contribution in [0.3, 0.4) is 0 Å². The molecule has 0 radical (unpaired) electrons. The van der Waals surface area contributed by atoms with Crippen molar-refractivity contribution in [2.75, 3.05) is 0 Å². The lowest BCUT2D eigenvalue weighted by Gasteiger charge is -2.20. The minimum Gasteiger partial charge on any atom is -0.294 e. The quantitative estimate of drug-likeness (QED) is 0.596. The molecule has 0 saturated carbocycles. The Bertz CT molecular complexity index is 357. The fourth-order valence-corrected chi connectivity index (χ4v) is 1.80. The van der Waals surface area contributed by atoms with Gasteiger partial charge in [-0.3, -0.25) is 4.79 Å². The first-order chi connectivity index (χ1) is 6.20. The number of carbonyl (C=O) groups is 1. The third kappa shape index (κ3) is 1.26. The molecular weight excluding hydrogens is 167 g/mol. The van der Waals surface area contributed by atoms with E-state index in [1.54, 1.807) is 12.1 Å². The van der Waals surface area contributed by atoms with Crippen molar-refractivity contribution in [1.82, 2.24) is 0 Å². The van der Waals surface area contributed by atoms with Crippen LogP contribution in [0.1, 0.15) is 29.3 Å². The molecule has 0 amide bonds. The Hall–Kier alpha value is -1.18. The Morgan fingerprint density at radius 3 is 3.00 bits per heavy atom. The summed E-state index contributed by atoms with van der Waals surface area (Å²) in [7, 11) is 0. The smallest absolute Gasteiger partial charge is 0.166 e. The van der Waals surface area contributed by atoms with Crippen LogP contribution in [0.2, 0.25) is 0 Å². The van der Waals surface area contributed by atoms with Crippen LogP contribution in [0.25, 0.3) is 0 Å². The van der Waals surface area contributed by atoms with E-state index in [9.17, 15) is 9.18 Å². The van der Waals surface area contributed by atoms with E-state index >= 15 is 0 Å². The van der Waals surface area contributed by atoms with E-state index in [0.717, 1.165) is 6.42 Å². The first-order valence-electron chi connectivity index (χ1n) is 4.51. The zero-order chi connectivity index (χ0) is 9.42. The summed E-state index contributed by atoms with van der Waals surface area (Å²) in [5.41, 5.74) is 1.18. The second-order valence-corrected chi connectivity index (χ2v) is 3.57. The highest BCUT2D eigenvalue weighted by Crippen LogP contribution is 2.26. The van der Waals surface area contributed by atoms with Crippen LogP contribution >= 0.6 is 0 Å². The standard InChI is InChI=1S/C11H11FO/c1-7-5-6-8-9(11(7)13)3-2-4-10(8)12/h2-4,7H,5-6H2,1H3/t7-/m0/s1. The highest BCUT2D eigenvalue weighted by atomic mass is 19.1. The summed E-state index contributed by atoms with van der Waals surface area (Å²) < 4.78 is 13.2. The lowest BCUT2D eigenvalue weighted by molar-refractivity contribution is 0.0912. The zero-order valence-electron chi connectivity index (χ0n) is 7.51. The molecule has 1 aromatic rings. The van der Waals surface area contributed by atoms with Crippen molar-refractivity contribution in [2.45, 2.75) is 19.8 Å². The van der Waals surface area contributed by atoms with Crippen molar-refractivity contribution in [3.8, 4) is 0 Å².